The zero-order valence-electron chi connectivity index (χ0n) is 9.58. The first-order chi connectivity index (χ1) is 7.22. The molecule has 0 fully saturated rings. The molecule has 82 valence electrons. The number of ether oxygens (including phenoxy) is 1. The molecule has 0 aliphatic rings. The highest BCUT2D eigenvalue weighted by Gasteiger charge is 1.95. The van der Waals surface area contributed by atoms with Gasteiger partial charge in [-0.15, -0.1) is 0 Å². The van der Waals surface area contributed by atoms with E-state index in [-0.39, 0.29) is 0 Å². The fourth-order valence-electron chi connectivity index (χ4n) is 1.16. The highest BCUT2D eigenvalue weighted by atomic mass is 16.5. The molecule has 1 aromatic rings. The summed E-state index contributed by atoms with van der Waals surface area (Å²) >= 11 is 0. The fraction of sp³-hybridized carbons (Fsp3) is 0.417. The van der Waals surface area contributed by atoms with Gasteiger partial charge in [0.15, 0.2) is 0 Å². The average molecular weight is 206 g/mol. The van der Waals surface area contributed by atoms with Crippen molar-refractivity contribution in [2.75, 3.05) is 13.7 Å². The van der Waals surface area contributed by atoms with Crippen LogP contribution < -0.4 is 10.1 Å². The van der Waals surface area contributed by atoms with Crippen LogP contribution in [-0.4, -0.2) is 18.6 Å². The van der Waals surface area contributed by atoms with Gasteiger partial charge in [-0.05, 0) is 25.5 Å². The van der Waals surface area contributed by atoms with Crippen molar-refractivity contribution in [1.29, 1.82) is 0 Å². The van der Waals surface area contributed by atoms with Gasteiger partial charge in [-0.2, -0.15) is 0 Å². The van der Waals surface area contributed by atoms with Gasteiger partial charge < -0.3 is 10.1 Å². The Hall–Kier alpha value is -1.35. The minimum atomic E-state index is 0.663. The standard InChI is InChI=1S/C12H18N2O/c1-10(2)4-6-13-9-11-5-7-14-12(8-11)15-3/h4-5,7-8,13H,6,9H2,1-3H3. The first-order valence-corrected chi connectivity index (χ1v) is 5.05. The van der Waals surface area contributed by atoms with Crippen LogP contribution in [0, 0.1) is 0 Å². The van der Waals surface area contributed by atoms with Crippen molar-refractivity contribution in [3.8, 4) is 5.88 Å². The molecule has 3 nitrogen and oxygen atoms in total. The molecule has 1 N–H and O–H groups in total. The molecule has 15 heavy (non-hydrogen) atoms. The predicted molar refractivity (Wildman–Crippen MR) is 61.9 cm³/mol. The fourth-order valence-corrected chi connectivity index (χ4v) is 1.16. The van der Waals surface area contributed by atoms with Gasteiger partial charge >= 0.3 is 0 Å². The third kappa shape index (κ3) is 4.61. The summed E-state index contributed by atoms with van der Waals surface area (Å²) in [5.41, 5.74) is 2.51. The molecule has 0 aliphatic heterocycles. The summed E-state index contributed by atoms with van der Waals surface area (Å²) in [6.07, 6.45) is 3.93. The molecule has 0 saturated heterocycles. The van der Waals surface area contributed by atoms with Crippen molar-refractivity contribution in [2.24, 2.45) is 0 Å². The van der Waals surface area contributed by atoms with Gasteiger partial charge in [0, 0.05) is 25.4 Å². The quantitative estimate of drug-likeness (QED) is 0.592. The Morgan fingerprint density at radius 1 is 1.53 bits per heavy atom. The van der Waals surface area contributed by atoms with Gasteiger partial charge in [0.2, 0.25) is 5.88 Å². The van der Waals surface area contributed by atoms with E-state index in [9.17, 15) is 0 Å². The maximum atomic E-state index is 5.05. The molecule has 0 aromatic carbocycles. The van der Waals surface area contributed by atoms with Crippen molar-refractivity contribution in [1.82, 2.24) is 10.3 Å². The molecule has 3 heteroatoms. The third-order valence-electron chi connectivity index (χ3n) is 1.99. The Labute approximate surface area is 91.2 Å². The molecule has 1 heterocycles. The van der Waals surface area contributed by atoms with Crippen molar-refractivity contribution in [2.45, 2.75) is 20.4 Å². The number of nitrogens with one attached hydrogen (secondary N) is 1. The minimum Gasteiger partial charge on any atom is -0.481 e. The van der Waals surface area contributed by atoms with Crippen molar-refractivity contribution in [3.05, 3.63) is 35.5 Å². The van der Waals surface area contributed by atoms with Crippen LogP contribution in [0.4, 0.5) is 0 Å². The van der Waals surface area contributed by atoms with Gasteiger partial charge in [0.1, 0.15) is 0 Å². The van der Waals surface area contributed by atoms with Crippen LogP contribution in [0.25, 0.3) is 0 Å². The van der Waals surface area contributed by atoms with Gasteiger partial charge in [0.05, 0.1) is 7.11 Å². The molecule has 0 saturated carbocycles. The van der Waals surface area contributed by atoms with E-state index in [1.165, 1.54) is 11.1 Å². The van der Waals surface area contributed by atoms with Gasteiger partial charge in [0.25, 0.3) is 0 Å². The number of pyridine rings is 1. The van der Waals surface area contributed by atoms with E-state index in [1.807, 2.05) is 12.1 Å². The smallest absolute Gasteiger partial charge is 0.213 e. The predicted octanol–water partition coefficient (Wildman–Crippen LogP) is 2.15. The molecule has 0 unspecified atom stereocenters. The maximum absolute atomic E-state index is 5.05. The third-order valence-corrected chi connectivity index (χ3v) is 1.99. The normalized spacial score (nSPS) is 9.80. The lowest BCUT2D eigenvalue weighted by molar-refractivity contribution is 0.397. The highest BCUT2D eigenvalue weighted by molar-refractivity contribution is 5.20. The summed E-state index contributed by atoms with van der Waals surface area (Å²) in [6, 6.07) is 3.92. The second kappa shape index (κ2) is 6.19. The van der Waals surface area contributed by atoms with Crippen LogP contribution >= 0.6 is 0 Å². The van der Waals surface area contributed by atoms with Gasteiger partial charge in [-0.25, -0.2) is 4.98 Å². The molecule has 0 amide bonds. The van der Waals surface area contributed by atoms with E-state index in [4.69, 9.17) is 4.74 Å². The largest absolute Gasteiger partial charge is 0.481 e. The summed E-state index contributed by atoms with van der Waals surface area (Å²) in [4.78, 5) is 4.05. The number of rotatable bonds is 5. The van der Waals surface area contributed by atoms with E-state index in [0.717, 1.165) is 13.1 Å². The highest BCUT2D eigenvalue weighted by Crippen LogP contribution is 2.07. The maximum Gasteiger partial charge on any atom is 0.213 e. The Kier molecular flexibility index (Phi) is 4.84. The van der Waals surface area contributed by atoms with Crippen LogP contribution in [0.3, 0.4) is 0 Å². The van der Waals surface area contributed by atoms with Crippen LogP contribution in [0.5, 0.6) is 5.88 Å². The number of methoxy groups -OCH3 is 1. The summed E-state index contributed by atoms with van der Waals surface area (Å²) in [5, 5.41) is 3.32. The zero-order valence-corrected chi connectivity index (χ0v) is 9.58. The molecule has 0 bridgehead atoms. The van der Waals surface area contributed by atoms with E-state index in [2.05, 4.69) is 30.2 Å². The molecule has 1 aromatic heterocycles. The van der Waals surface area contributed by atoms with Crippen LogP contribution in [0.15, 0.2) is 30.0 Å². The van der Waals surface area contributed by atoms with Crippen molar-refractivity contribution in [3.63, 3.8) is 0 Å². The number of aromatic nitrogens is 1. The number of nitrogens with zero attached hydrogens (tertiary/aromatic N) is 1. The SMILES string of the molecule is COc1cc(CNCC=C(C)C)ccn1. The molecule has 1 rings (SSSR count). The second-order valence-electron chi connectivity index (χ2n) is 3.62. The molecular weight excluding hydrogens is 188 g/mol. The van der Waals surface area contributed by atoms with Crippen LogP contribution in [-0.2, 0) is 6.54 Å². The summed E-state index contributed by atoms with van der Waals surface area (Å²) in [7, 11) is 1.63. The van der Waals surface area contributed by atoms with E-state index in [0.29, 0.717) is 5.88 Å². The van der Waals surface area contributed by atoms with E-state index in [1.54, 1.807) is 13.3 Å². The monoisotopic (exact) mass is 206 g/mol. The first-order valence-electron chi connectivity index (χ1n) is 5.05. The molecule has 0 atom stereocenters. The Morgan fingerprint density at radius 3 is 3.00 bits per heavy atom. The topological polar surface area (TPSA) is 34.1 Å². The van der Waals surface area contributed by atoms with E-state index >= 15 is 0 Å². The number of hydrogen-bond acceptors (Lipinski definition) is 3. The summed E-state index contributed by atoms with van der Waals surface area (Å²) in [6.45, 7) is 5.92. The Bertz CT molecular complexity index is 330. The number of hydrogen-bond donors (Lipinski definition) is 1. The Morgan fingerprint density at radius 2 is 2.33 bits per heavy atom. The summed E-state index contributed by atoms with van der Waals surface area (Å²) < 4.78 is 5.05. The minimum absolute atomic E-state index is 0.663. The van der Waals surface area contributed by atoms with E-state index < -0.39 is 0 Å². The van der Waals surface area contributed by atoms with Crippen LogP contribution in [0.2, 0.25) is 0 Å². The average Bonchev–Trinajstić information content (AvgIpc) is 2.24. The van der Waals surface area contributed by atoms with Crippen LogP contribution in [0.1, 0.15) is 19.4 Å². The second-order valence-corrected chi connectivity index (χ2v) is 3.62. The lowest BCUT2D eigenvalue weighted by atomic mass is 10.2. The Balaban J connectivity index is 2.40. The summed E-state index contributed by atoms with van der Waals surface area (Å²) in [5.74, 6) is 0.663. The lowest BCUT2D eigenvalue weighted by Crippen LogP contribution is -2.13. The van der Waals surface area contributed by atoms with Gasteiger partial charge in [-0.1, -0.05) is 11.6 Å². The molecule has 0 aliphatic carbocycles. The number of allylic oxidation sites excluding steroid dienone is 1. The van der Waals surface area contributed by atoms with Crippen molar-refractivity contribution < 1.29 is 4.74 Å². The lowest BCUT2D eigenvalue weighted by Gasteiger charge is -2.04. The molecule has 0 spiro atoms. The molecular formula is C12H18N2O. The van der Waals surface area contributed by atoms with Gasteiger partial charge in [-0.3, -0.25) is 0 Å². The first kappa shape index (κ1) is 11.7. The zero-order chi connectivity index (χ0) is 11.1. The van der Waals surface area contributed by atoms with Crippen molar-refractivity contribution >= 4 is 0 Å². The molecule has 0 radical (unpaired) electrons.